The van der Waals surface area contributed by atoms with E-state index in [4.69, 9.17) is 9.52 Å². The van der Waals surface area contributed by atoms with Crippen LogP contribution in [0.25, 0.3) is 11.1 Å². The molecule has 1 aromatic heterocycles. The van der Waals surface area contributed by atoms with Crippen molar-refractivity contribution in [2.75, 3.05) is 0 Å². The van der Waals surface area contributed by atoms with Gasteiger partial charge in [0.15, 0.2) is 5.58 Å². The molecule has 0 aliphatic rings. The third kappa shape index (κ3) is 2.51. The van der Waals surface area contributed by atoms with E-state index in [1.54, 1.807) is 13.1 Å². The topological polar surface area (TPSA) is 72.4 Å². The SMILES string of the molecule is Cn1c(=O)oc2cc(CC/C=C/C(=O)O)ccc21. The van der Waals surface area contributed by atoms with Crippen LogP contribution in [0, 0.1) is 0 Å². The van der Waals surface area contributed by atoms with Crippen molar-refractivity contribution in [3.63, 3.8) is 0 Å². The van der Waals surface area contributed by atoms with Gasteiger partial charge in [-0.3, -0.25) is 4.57 Å². The normalized spacial score (nSPS) is 11.4. The molecule has 2 aromatic rings. The first-order valence-corrected chi connectivity index (χ1v) is 5.56. The highest BCUT2D eigenvalue weighted by Crippen LogP contribution is 2.15. The summed E-state index contributed by atoms with van der Waals surface area (Å²) in [5.41, 5.74) is 2.32. The number of hydrogen-bond acceptors (Lipinski definition) is 3. The lowest BCUT2D eigenvalue weighted by molar-refractivity contribution is -0.131. The lowest BCUT2D eigenvalue weighted by atomic mass is 10.1. The molecule has 0 aliphatic carbocycles. The van der Waals surface area contributed by atoms with Crippen LogP contribution in [0.3, 0.4) is 0 Å². The van der Waals surface area contributed by atoms with Gasteiger partial charge in [0.1, 0.15) is 0 Å². The maximum absolute atomic E-state index is 11.3. The molecule has 2 rings (SSSR count). The van der Waals surface area contributed by atoms with E-state index in [0.717, 1.165) is 17.2 Å². The molecule has 1 aromatic carbocycles. The van der Waals surface area contributed by atoms with Crippen molar-refractivity contribution in [1.29, 1.82) is 0 Å². The predicted molar refractivity (Wildman–Crippen MR) is 66.6 cm³/mol. The summed E-state index contributed by atoms with van der Waals surface area (Å²) in [6, 6.07) is 5.55. The molecule has 0 saturated carbocycles. The van der Waals surface area contributed by atoms with Crippen LogP contribution in [-0.2, 0) is 18.3 Å². The molecule has 0 unspecified atom stereocenters. The van der Waals surface area contributed by atoms with Gasteiger partial charge in [-0.05, 0) is 30.5 Å². The highest BCUT2D eigenvalue weighted by molar-refractivity contribution is 5.79. The van der Waals surface area contributed by atoms with Crippen LogP contribution in [-0.4, -0.2) is 15.6 Å². The quantitative estimate of drug-likeness (QED) is 0.835. The Labute approximate surface area is 103 Å². The third-order valence-corrected chi connectivity index (χ3v) is 2.72. The number of aryl methyl sites for hydroxylation is 2. The molecule has 5 nitrogen and oxygen atoms in total. The Morgan fingerprint density at radius 2 is 2.28 bits per heavy atom. The first-order valence-electron chi connectivity index (χ1n) is 5.56. The number of hydrogen-bond donors (Lipinski definition) is 1. The van der Waals surface area contributed by atoms with Crippen LogP contribution in [0.2, 0.25) is 0 Å². The number of allylic oxidation sites excluding steroid dienone is 1. The molecule has 0 radical (unpaired) electrons. The van der Waals surface area contributed by atoms with Gasteiger partial charge in [0.2, 0.25) is 0 Å². The molecule has 0 saturated heterocycles. The standard InChI is InChI=1S/C13H13NO4/c1-14-10-7-6-9(4-2-3-5-12(15)16)8-11(10)18-13(14)17/h3,5-8H,2,4H2,1H3,(H,15,16)/b5-3+. The van der Waals surface area contributed by atoms with Gasteiger partial charge in [-0.2, -0.15) is 0 Å². The lowest BCUT2D eigenvalue weighted by Crippen LogP contribution is -2.08. The summed E-state index contributed by atoms with van der Waals surface area (Å²) in [5, 5.41) is 8.45. The highest BCUT2D eigenvalue weighted by atomic mass is 16.4. The largest absolute Gasteiger partial charge is 0.478 e. The molecule has 0 fully saturated rings. The Morgan fingerprint density at radius 3 is 3.00 bits per heavy atom. The Bertz CT molecular complexity index is 663. The number of aliphatic carboxylic acids is 1. The molecule has 1 heterocycles. The molecule has 0 bridgehead atoms. The van der Waals surface area contributed by atoms with E-state index >= 15 is 0 Å². The molecule has 0 atom stereocenters. The van der Waals surface area contributed by atoms with Crippen LogP contribution in [0.5, 0.6) is 0 Å². The van der Waals surface area contributed by atoms with Crippen LogP contribution < -0.4 is 5.76 Å². The van der Waals surface area contributed by atoms with Gasteiger partial charge in [0.05, 0.1) is 5.52 Å². The van der Waals surface area contributed by atoms with Gasteiger partial charge >= 0.3 is 11.7 Å². The summed E-state index contributed by atoms with van der Waals surface area (Å²) in [6.45, 7) is 0. The summed E-state index contributed by atoms with van der Waals surface area (Å²) >= 11 is 0. The minimum Gasteiger partial charge on any atom is -0.478 e. The molecule has 5 heteroatoms. The van der Waals surface area contributed by atoms with Crippen LogP contribution >= 0.6 is 0 Å². The van der Waals surface area contributed by atoms with Crippen molar-refractivity contribution in [3.05, 3.63) is 46.5 Å². The number of oxazole rings is 1. The van der Waals surface area contributed by atoms with Crippen LogP contribution in [0.4, 0.5) is 0 Å². The van der Waals surface area contributed by atoms with Gasteiger partial charge in [-0.1, -0.05) is 12.1 Å². The fraction of sp³-hybridized carbons (Fsp3) is 0.231. The second-order valence-corrected chi connectivity index (χ2v) is 4.01. The average Bonchev–Trinajstić information content (AvgIpc) is 2.60. The molecular weight excluding hydrogens is 234 g/mol. The molecule has 1 N–H and O–H groups in total. The minimum absolute atomic E-state index is 0.382. The number of aromatic nitrogens is 1. The number of benzene rings is 1. The first-order chi connectivity index (χ1) is 8.58. The summed E-state index contributed by atoms with van der Waals surface area (Å²) in [6.07, 6.45) is 4.07. The van der Waals surface area contributed by atoms with Gasteiger partial charge < -0.3 is 9.52 Å². The summed E-state index contributed by atoms with van der Waals surface area (Å²) < 4.78 is 6.53. The van der Waals surface area contributed by atoms with E-state index < -0.39 is 5.97 Å². The van der Waals surface area contributed by atoms with Crippen molar-refractivity contribution in [2.24, 2.45) is 7.05 Å². The zero-order chi connectivity index (χ0) is 13.1. The van der Waals surface area contributed by atoms with E-state index in [-0.39, 0.29) is 5.76 Å². The van der Waals surface area contributed by atoms with Gasteiger partial charge in [0.25, 0.3) is 0 Å². The van der Waals surface area contributed by atoms with E-state index in [1.165, 1.54) is 4.57 Å². The van der Waals surface area contributed by atoms with Crippen LogP contribution in [0.15, 0.2) is 39.6 Å². The highest BCUT2D eigenvalue weighted by Gasteiger charge is 2.05. The second-order valence-electron chi connectivity index (χ2n) is 4.01. The number of rotatable bonds is 4. The fourth-order valence-corrected chi connectivity index (χ4v) is 1.77. The number of fused-ring (bicyclic) bond motifs is 1. The van der Waals surface area contributed by atoms with Crippen molar-refractivity contribution >= 4 is 17.1 Å². The molecule has 0 amide bonds. The Balaban J connectivity index is 2.15. The maximum Gasteiger partial charge on any atom is 0.419 e. The zero-order valence-electron chi connectivity index (χ0n) is 9.92. The molecule has 0 spiro atoms. The Morgan fingerprint density at radius 1 is 1.50 bits per heavy atom. The number of carboxylic acids is 1. The average molecular weight is 247 g/mol. The van der Waals surface area contributed by atoms with E-state index in [1.807, 2.05) is 18.2 Å². The number of carbonyl (C=O) groups is 1. The van der Waals surface area contributed by atoms with Crippen molar-refractivity contribution < 1.29 is 14.3 Å². The summed E-state index contributed by atoms with van der Waals surface area (Å²) in [7, 11) is 1.66. The van der Waals surface area contributed by atoms with E-state index in [2.05, 4.69) is 0 Å². The zero-order valence-corrected chi connectivity index (χ0v) is 9.92. The summed E-state index contributed by atoms with van der Waals surface area (Å²) in [4.78, 5) is 21.6. The van der Waals surface area contributed by atoms with Crippen LogP contribution in [0.1, 0.15) is 12.0 Å². The van der Waals surface area contributed by atoms with Crippen molar-refractivity contribution in [1.82, 2.24) is 4.57 Å². The van der Waals surface area contributed by atoms with Gasteiger partial charge in [-0.15, -0.1) is 0 Å². The van der Waals surface area contributed by atoms with Crippen molar-refractivity contribution in [2.45, 2.75) is 12.8 Å². The second kappa shape index (κ2) is 4.91. The van der Waals surface area contributed by atoms with Gasteiger partial charge in [-0.25, -0.2) is 9.59 Å². The maximum atomic E-state index is 11.3. The molecule has 18 heavy (non-hydrogen) atoms. The first kappa shape index (κ1) is 12.2. The predicted octanol–water partition coefficient (Wildman–Crippen LogP) is 1.70. The lowest BCUT2D eigenvalue weighted by Gasteiger charge is -1.98. The monoisotopic (exact) mass is 247 g/mol. The number of carboxylic acid groups (broad SMARTS) is 1. The smallest absolute Gasteiger partial charge is 0.419 e. The third-order valence-electron chi connectivity index (χ3n) is 2.72. The van der Waals surface area contributed by atoms with Gasteiger partial charge in [0, 0.05) is 13.1 Å². The Hall–Kier alpha value is -2.30. The Kier molecular flexibility index (Phi) is 3.32. The van der Waals surface area contributed by atoms with E-state index in [9.17, 15) is 9.59 Å². The molecule has 0 aliphatic heterocycles. The molecular formula is C13H13NO4. The summed E-state index contributed by atoms with van der Waals surface area (Å²) in [5.74, 6) is -1.33. The minimum atomic E-state index is -0.945. The van der Waals surface area contributed by atoms with E-state index in [0.29, 0.717) is 18.4 Å². The van der Waals surface area contributed by atoms with Crippen molar-refractivity contribution in [3.8, 4) is 0 Å². The molecule has 94 valence electrons. The number of nitrogens with zero attached hydrogens (tertiary/aromatic N) is 1. The fourth-order valence-electron chi connectivity index (χ4n) is 1.77.